The van der Waals surface area contributed by atoms with Gasteiger partial charge in [0, 0.05) is 18.1 Å². The van der Waals surface area contributed by atoms with E-state index in [9.17, 15) is 0 Å². The van der Waals surface area contributed by atoms with E-state index in [-0.39, 0.29) is 0 Å². The van der Waals surface area contributed by atoms with Crippen LogP contribution in [-0.4, -0.2) is 21.5 Å². The van der Waals surface area contributed by atoms with E-state index in [2.05, 4.69) is 22.6 Å². The molecule has 1 rings (SSSR count). The lowest BCUT2D eigenvalue weighted by molar-refractivity contribution is 0.605. The monoisotopic (exact) mass is 258 g/mol. The fourth-order valence-electron chi connectivity index (χ4n) is 1.60. The van der Waals surface area contributed by atoms with E-state index >= 15 is 0 Å². The molecule has 0 aliphatic carbocycles. The maximum atomic E-state index is 4.21. The van der Waals surface area contributed by atoms with Gasteiger partial charge in [0.1, 0.15) is 0 Å². The Morgan fingerprint density at radius 1 is 1.06 bits per heavy atom. The van der Waals surface area contributed by atoms with E-state index in [1.54, 1.807) is 0 Å². The molecule has 0 aliphatic heterocycles. The van der Waals surface area contributed by atoms with Crippen LogP contribution in [0.5, 0.6) is 0 Å². The predicted molar refractivity (Wildman–Crippen MR) is 75.5 cm³/mol. The number of hydrogen-bond donors (Lipinski definition) is 2. The van der Waals surface area contributed by atoms with Crippen molar-refractivity contribution in [2.24, 2.45) is 0 Å². The van der Waals surface area contributed by atoms with Gasteiger partial charge < -0.3 is 4.98 Å². The number of aromatic nitrogens is 2. The lowest BCUT2D eigenvalue weighted by Crippen LogP contribution is -1.84. The average Bonchev–Trinajstić information content (AvgIpc) is 2.80. The van der Waals surface area contributed by atoms with Gasteiger partial charge in [0.15, 0.2) is 5.16 Å². The molecule has 0 aromatic carbocycles. The number of rotatable bonds is 10. The summed E-state index contributed by atoms with van der Waals surface area (Å²) in [5.41, 5.74) is 0. The van der Waals surface area contributed by atoms with E-state index in [1.165, 1.54) is 50.7 Å². The molecule has 0 fully saturated rings. The second-order valence-corrected chi connectivity index (χ2v) is 5.47. The zero-order valence-corrected chi connectivity index (χ0v) is 11.5. The number of aromatic amines is 1. The normalized spacial score (nSPS) is 10.8. The second-order valence-electron chi connectivity index (χ2n) is 3.94. The maximum Gasteiger partial charge on any atom is 0.165 e. The minimum atomic E-state index is 1.04. The summed E-state index contributed by atoms with van der Waals surface area (Å²) >= 11 is 6.03. The van der Waals surface area contributed by atoms with E-state index in [4.69, 9.17) is 0 Å². The first kappa shape index (κ1) is 14.0. The van der Waals surface area contributed by atoms with Crippen LogP contribution in [0.3, 0.4) is 0 Å². The summed E-state index contributed by atoms with van der Waals surface area (Å²) in [6, 6.07) is 0. The highest BCUT2D eigenvalue weighted by Crippen LogP contribution is 2.15. The number of thiol groups is 1. The number of thioether (sulfide) groups is 1. The molecular weight excluding hydrogens is 236 g/mol. The lowest BCUT2D eigenvalue weighted by atomic mass is 10.1. The van der Waals surface area contributed by atoms with Gasteiger partial charge in [-0.05, 0) is 18.6 Å². The van der Waals surface area contributed by atoms with Crippen LogP contribution in [-0.2, 0) is 0 Å². The van der Waals surface area contributed by atoms with Gasteiger partial charge >= 0.3 is 0 Å². The molecule has 1 aromatic heterocycles. The molecule has 0 bridgehead atoms. The summed E-state index contributed by atoms with van der Waals surface area (Å²) in [4.78, 5) is 7.29. The number of unbranched alkanes of at least 4 members (excludes halogenated alkanes) is 6. The Morgan fingerprint density at radius 2 is 1.75 bits per heavy atom. The maximum absolute atomic E-state index is 4.21. The molecule has 0 amide bonds. The van der Waals surface area contributed by atoms with Crippen molar-refractivity contribution in [3.63, 3.8) is 0 Å². The summed E-state index contributed by atoms with van der Waals surface area (Å²) in [6.07, 6.45) is 13.1. The highest BCUT2D eigenvalue weighted by molar-refractivity contribution is 7.99. The molecule has 0 saturated heterocycles. The van der Waals surface area contributed by atoms with Crippen molar-refractivity contribution in [2.45, 2.75) is 50.1 Å². The molecule has 0 atom stereocenters. The zero-order chi connectivity index (χ0) is 11.5. The van der Waals surface area contributed by atoms with Gasteiger partial charge in [-0.25, -0.2) is 4.98 Å². The molecule has 1 aromatic rings. The highest BCUT2D eigenvalue weighted by Gasteiger charge is 1.95. The van der Waals surface area contributed by atoms with Crippen molar-refractivity contribution in [3.8, 4) is 0 Å². The summed E-state index contributed by atoms with van der Waals surface area (Å²) < 4.78 is 0. The van der Waals surface area contributed by atoms with Crippen molar-refractivity contribution in [2.75, 3.05) is 11.5 Å². The van der Waals surface area contributed by atoms with Crippen LogP contribution >= 0.6 is 24.4 Å². The minimum absolute atomic E-state index is 1.04. The van der Waals surface area contributed by atoms with Gasteiger partial charge in [0.2, 0.25) is 0 Å². The molecule has 1 heterocycles. The summed E-state index contributed by atoms with van der Waals surface area (Å²) in [5.74, 6) is 2.23. The Balaban J connectivity index is 1.78. The number of nitrogens with one attached hydrogen (secondary N) is 1. The van der Waals surface area contributed by atoms with Crippen LogP contribution in [0, 0.1) is 0 Å². The Hall–Kier alpha value is -0.0900. The molecule has 1 N–H and O–H groups in total. The van der Waals surface area contributed by atoms with Crippen molar-refractivity contribution in [1.29, 1.82) is 0 Å². The fraction of sp³-hybridized carbons (Fsp3) is 0.750. The first-order valence-electron chi connectivity index (χ1n) is 6.16. The molecule has 4 heteroatoms. The highest BCUT2D eigenvalue weighted by atomic mass is 32.2. The van der Waals surface area contributed by atoms with Crippen LogP contribution < -0.4 is 0 Å². The second kappa shape index (κ2) is 10.1. The molecule has 92 valence electrons. The van der Waals surface area contributed by atoms with E-state index in [1.807, 2.05) is 24.2 Å². The minimum Gasteiger partial charge on any atom is -0.340 e. The van der Waals surface area contributed by atoms with Crippen LogP contribution in [0.15, 0.2) is 17.6 Å². The Labute approximate surface area is 108 Å². The standard InChI is InChI=1S/C12H22N2S2/c15-10-6-4-2-1-3-5-7-11-16-12-13-8-9-14-12/h8-9,15H,1-7,10-11H2,(H,13,14). The van der Waals surface area contributed by atoms with Crippen LogP contribution in [0.2, 0.25) is 0 Å². The van der Waals surface area contributed by atoms with Crippen LogP contribution in [0.25, 0.3) is 0 Å². The first-order chi connectivity index (χ1) is 7.93. The third-order valence-electron chi connectivity index (χ3n) is 2.51. The van der Waals surface area contributed by atoms with E-state index < -0.39 is 0 Å². The lowest BCUT2D eigenvalue weighted by Gasteiger charge is -2.00. The Kier molecular flexibility index (Phi) is 8.81. The van der Waals surface area contributed by atoms with Gasteiger partial charge in [-0.1, -0.05) is 43.9 Å². The van der Waals surface area contributed by atoms with Crippen molar-refractivity contribution < 1.29 is 0 Å². The smallest absolute Gasteiger partial charge is 0.165 e. The van der Waals surface area contributed by atoms with Gasteiger partial charge in [-0.3, -0.25) is 0 Å². The number of imidazole rings is 1. The van der Waals surface area contributed by atoms with Crippen molar-refractivity contribution in [3.05, 3.63) is 12.4 Å². The summed E-state index contributed by atoms with van der Waals surface area (Å²) in [6.45, 7) is 0. The molecule has 0 radical (unpaired) electrons. The quantitative estimate of drug-likeness (QED) is 0.375. The molecular formula is C12H22N2S2. The van der Waals surface area contributed by atoms with Crippen LogP contribution in [0.4, 0.5) is 0 Å². The SMILES string of the molecule is SCCCCCCCCCSc1ncc[nH]1. The van der Waals surface area contributed by atoms with Gasteiger partial charge in [0.05, 0.1) is 0 Å². The topological polar surface area (TPSA) is 28.7 Å². The van der Waals surface area contributed by atoms with Gasteiger partial charge in [0.25, 0.3) is 0 Å². The third-order valence-corrected chi connectivity index (χ3v) is 3.82. The fourth-order valence-corrected chi connectivity index (χ4v) is 2.65. The number of nitrogens with zero attached hydrogens (tertiary/aromatic N) is 1. The molecule has 0 aliphatic rings. The van der Waals surface area contributed by atoms with Crippen molar-refractivity contribution >= 4 is 24.4 Å². The third kappa shape index (κ3) is 7.23. The molecule has 0 unspecified atom stereocenters. The average molecular weight is 258 g/mol. The Bertz CT molecular complexity index is 237. The first-order valence-corrected chi connectivity index (χ1v) is 7.78. The molecule has 16 heavy (non-hydrogen) atoms. The molecule has 0 saturated carbocycles. The largest absolute Gasteiger partial charge is 0.340 e. The number of H-pyrrole nitrogens is 1. The predicted octanol–water partition coefficient (Wildman–Crippen LogP) is 4.16. The van der Waals surface area contributed by atoms with Gasteiger partial charge in [-0.15, -0.1) is 0 Å². The molecule has 0 spiro atoms. The number of hydrogen-bond acceptors (Lipinski definition) is 3. The zero-order valence-electron chi connectivity index (χ0n) is 9.82. The van der Waals surface area contributed by atoms with Crippen molar-refractivity contribution in [1.82, 2.24) is 9.97 Å². The summed E-state index contributed by atoms with van der Waals surface area (Å²) in [5, 5.41) is 1.05. The van der Waals surface area contributed by atoms with E-state index in [0.717, 1.165) is 10.9 Å². The summed E-state index contributed by atoms with van der Waals surface area (Å²) in [7, 11) is 0. The van der Waals surface area contributed by atoms with Gasteiger partial charge in [-0.2, -0.15) is 12.6 Å². The van der Waals surface area contributed by atoms with E-state index in [0.29, 0.717) is 0 Å². The Morgan fingerprint density at radius 3 is 2.38 bits per heavy atom. The molecule has 2 nitrogen and oxygen atoms in total. The van der Waals surface area contributed by atoms with Crippen LogP contribution in [0.1, 0.15) is 44.9 Å².